The average molecular weight is 473 g/mol. The average Bonchev–Trinajstić information content (AvgIpc) is 3.19. The third kappa shape index (κ3) is 1.96. The smallest absolute Gasteiger partial charge is 0.186 e. The van der Waals surface area contributed by atoms with Crippen LogP contribution in [0.4, 0.5) is 0 Å². The first kappa shape index (κ1) is 25.0. The molecule has 0 saturated heterocycles. The molecule has 0 amide bonds. The Hall–Kier alpha value is -0.680. The van der Waals surface area contributed by atoms with Gasteiger partial charge in [-0.05, 0) is 77.0 Å². The van der Waals surface area contributed by atoms with Crippen LogP contribution in [-0.4, -0.2) is 40.0 Å². The molecule has 0 N–H and O–H groups in total. The zero-order valence-corrected chi connectivity index (χ0v) is 23.8. The fourth-order valence-corrected chi connectivity index (χ4v) is 11.9. The topological polar surface area (TPSA) is 36.9 Å². The third-order valence-electron chi connectivity index (χ3n) is 13.6. The first-order chi connectivity index (χ1) is 15.8. The Kier molecular flexibility index (Phi) is 5.14. The van der Waals surface area contributed by atoms with Crippen molar-refractivity contribution in [2.75, 3.05) is 28.4 Å². The molecule has 8 atom stereocenters. The second-order valence-corrected chi connectivity index (χ2v) is 12.9. The molecule has 5 aliphatic carbocycles. The molecule has 0 heterocycles. The molecule has 3 saturated carbocycles. The van der Waals surface area contributed by atoms with Gasteiger partial charge in [0, 0.05) is 50.1 Å². The summed E-state index contributed by atoms with van der Waals surface area (Å²) in [5, 5.41) is 0. The van der Waals surface area contributed by atoms with Gasteiger partial charge in [0.15, 0.2) is 11.6 Å². The van der Waals surface area contributed by atoms with Crippen molar-refractivity contribution in [3.63, 3.8) is 0 Å². The van der Waals surface area contributed by atoms with Gasteiger partial charge in [0.2, 0.25) is 0 Å². The molecule has 0 aliphatic heterocycles. The normalized spacial score (nSPS) is 50.5. The molecule has 0 aromatic carbocycles. The summed E-state index contributed by atoms with van der Waals surface area (Å²) >= 11 is 0. The van der Waals surface area contributed by atoms with Gasteiger partial charge in [0.25, 0.3) is 0 Å². The van der Waals surface area contributed by atoms with Crippen LogP contribution in [0.2, 0.25) is 0 Å². The van der Waals surface area contributed by atoms with E-state index in [2.05, 4.69) is 55.4 Å². The fourth-order valence-electron chi connectivity index (χ4n) is 11.9. The minimum atomic E-state index is -0.595. The third-order valence-corrected chi connectivity index (χ3v) is 13.6. The van der Waals surface area contributed by atoms with Crippen LogP contribution in [0, 0.1) is 45.3 Å². The predicted molar refractivity (Wildman–Crippen MR) is 135 cm³/mol. The van der Waals surface area contributed by atoms with E-state index in [1.807, 2.05) is 28.4 Å². The van der Waals surface area contributed by atoms with Crippen LogP contribution < -0.4 is 0 Å². The van der Waals surface area contributed by atoms with E-state index in [4.69, 9.17) is 18.9 Å². The van der Waals surface area contributed by atoms with E-state index in [1.165, 1.54) is 48.0 Å². The zero-order valence-electron chi connectivity index (χ0n) is 23.8. The molecule has 4 heteroatoms. The quantitative estimate of drug-likeness (QED) is 0.335. The van der Waals surface area contributed by atoms with Gasteiger partial charge in [0.05, 0.1) is 0 Å². The second-order valence-electron chi connectivity index (χ2n) is 12.9. The molecule has 192 valence electrons. The molecule has 5 aliphatic rings. The molecular formula is C30H48O4. The Labute approximate surface area is 207 Å². The first-order valence-electron chi connectivity index (χ1n) is 13.4. The van der Waals surface area contributed by atoms with Crippen LogP contribution in [-0.2, 0) is 18.9 Å². The van der Waals surface area contributed by atoms with E-state index in [-0.39, 0.29) is 21.7 Å². The minimum Gasteiger partial charge on any atom is -0.351 e. The number of hydrogen-bond donors (Lipinski definition) is 0. The van der Waals surface area contributed by atoms with Crippen LogP contribution in [0.25, 0.3) is 0 Å². The fraction of sp³-hybridized carbons (Fsp3) is 0.867. The van der Waals surface area contributed by atoms with Crippen molar-refractivity contribution in [1.82, 2.24) is 0 Å². The lowest BCUT2D eigenvalue weighted by Crippen LogP contribution is -2.53. The van der Waals surface area contributed by atoms with Gasteiger partial charge in [-0.15, -0.1) is 0 Å². The number of hydrogen-bond acceptors (Lipinski definition) is 4. The lowest BCUT2D eigenvalue weighted by atomic mass is 9.56. The van der Waals surface area contributed by atoms with Crippen molar-refractivity contribution in [1.29, 1.82) is 0 Å². The molecule has 3 fully saturated rings. The molecule has 34 heavy (non-hydrogen) atoms. The van der Waals surface area contributed by atoms with Crippen molar-refractivity contribution >= 4 is 0 Å². The summed E-state index contributed by atoms with van der Waals surface area (Å²) in [7, 11) is 7.46. The first-order valence-corrected chi connectivity index (χ1v) is 13.4. The van der Waals surface area contributed by atoms with Crippen LogP contribution in [0.3, 0.4) is 0 Å². The van der Waals surface area contributed by atoms with E-state index < -0.39 is 11.6 Å². The van der Waals surface area contributed by atoms with Crippen LogP contribution in [0.5, 0.6) is 0 Å². The van der Waals surface area contributed by atoms with Crippen molar-refractivity contribution in [2.24, 2.45) is 45.3 Å². The molecule has 5 rings (SSSR count). The molecule has 0 spiro atoms. The Bertz CT molecular complexity index is 824. The highest BCUT2D eigenvalue weighted by atomic mass is 16.7. The van der Waals surface area contributed by atoms with E-state index >= 15 is 0 Å². The van der Waals surface area contributed by atoms with E-state index in [0.717, 1.165) is 0 Å². The zero-order chi connectivity index (χ0) is 25.3. The Balaban J connectivity index is 1.64. The molecule has 0 unspecified atom stereocenters. The predicted octanol–water partition coefficient (Wildman–Crippen LogP) is 6.76. The SMILES string of the molecule is COC1(OC)[C@@]2(C)C(C)=C(C)[C@@]1(C)[C@@H]1CC[C@H]3[C@H](CC[C@H]12)[C@]1(C)C(C)=C(C)[C@@]3(C)C1(OC)OC. The summed E-state index contributed by atoms with van der Waals surface area (Å²) in [4.78, 5) is 0. The summed E-state index contributed by atoms with van der Waals surface area (Å²) in [6, 6.07) is 0. The van der Waals surface area contributed by atoms with Gasteiger partial charge in [-0.1, -0.05) is 50.0 Å². The molecular weight excluding hydrogens is 424 g/mol. The lowest BCUT2D eigenvalue weighted by molar-refractivity contribution is -0.288. The van der Waals surface area contributed by atoms with Gasteiger partial charge in [0.1, 0.15) is 0 Å². The second kappa shape index (κ2) is 7.00. The monoisotopic (exact) mass is 472 g/mol. The molecule has 0 radical (unpaired) electrons. The van der Waals surface area contributed by atoms with Gasteiger partial charge in [-0.2, -0.15) is 0 Å². The van der Waals surface area contributed by atoms with Crippen LogP contribution in [0.1, 0.15) is 81.1 Å². The Morgan fingerprint density at radius 2 is 0.618 bits per heavy atom. The molecule has 0 aromatic rings. The summed E-state index contributed by atoms with van der Waals surface area (Å²) in [6.07, 6.45) is 4.77. The molecule has 0 aromatic heterocycles. The van der Waals surface area contributed by atoms with Gasteiger partial charge < -0.3 is 18.9 Å². The summed E-state index contributed by atoms with van der Waals surface area (Å²) in [6.45, 7) is 19.1. The standard InChI is InChI=1S/C30H48O4/c1-17-18(2)26(6)22-15-16-24-23(14-13-21(22)25(17,5)29(26,31-9)32-10)27(7)19(3)20(4)28(24,8)30(27,33-11)34-12/h21-24H,13-16H2,1-12H3/t21-,22-,23+,24+,25-,26+,27-,28-/m0/s1. The highest BCUT2D eigenvalue weighted by Gasteiger charge is 2.82. The lowest BCUT2D eigenvalue weighted by Gasteiger charge is -2.47. The van der Waals surface area contributed by atoms with Crippen molar-refractivity contribution in [2.45, 2.75) is 92.6 Å². The Morgan fingerprint density at radius 1 is 0.441 bits per heavy atom. The maximum Gasteiger partial charge on any atom is 0.186 e. The van der Waals surface area contributed by atoms with Crippen LogP contribution >= 0.6 is 0 Å². The minimum absolute atomic E-state index is 0.115. The van der Waals surface area contributed by atoms with E-state index in [1.54, 1.807) is 0 Å². The number of ether oxygens (including phenoxy) is 4. The largest absolute Gasteiger partial charge is 0.351 e. The molecule has 4 nitrogen and oxygen atoms in total. The Morgan fingerprint density at radius 3 is 0.765 bits per heavy atom. The maximum absolute atomic E-state index is 6.43. The van der Waals surface area contributed by atoms with Crippen molar-refractivity contribution < 1.29 is 18.9 Å². The van der Waals surface area contributed by atoms with Crippen molar-refractivity contribution in [3.8, 4) is 0 Å². The van der Waals surface area contributed by atoms with Gasteiger partial charge in [-0.3, -0.25) is 0 Å². The van der Waals surface area contributed by atoms with E-state index in [0.29, 0.717) is 23.7 Å². The molecule has 4 bridgehead atoms. The maximum atomic E-state index is 6.43. The highest BCUT2D eigenvalue weighted by Crippen LogP contribution is 2.81. The van der Waals surface area contributed by atoms with Crippen LogP contribution in [0.15, 0.2) is 22.3 Å². The number of methoxy groups -OCH3 is 4. The van der Waals surface area contributed by atoms with E-state index in [9.17, 15) is 0 Å². The summed E-state index contributed by atoms with van der Waals surface area (Å²) in [5.74, 6) is 0.987. The van der Waals surface area contributed by atoms with Gasteiger partial charge in [-0.25, -0.2) is 0 Å². The summed E-state index contributed by atoms with van der Waals surface area (Å²) < 4.78 is 25.7. The number of rotatable bonds is 4. The van der Waals surface area contributed by atoms with Gasteiger partial charge >= 0.3 is 0 Å². The highest BCUT2D eigenvalue weighted by molar-refractivity contribution is 5.47. The number of fused-ring (bicyclic) bond motifs is 10. The summed E-state index contributed by atoms with van der Waals surface area (Å²) in [5.41, 5.74) is 5.48. The van der Waals surface area contributed by atoms with Crippen molar-refractivity contribution in [3.05, 3.63) is 22.3 Å².